The molecule has 0 bridgehead atoms. The summed E-state index contributed by atoms with van der Waals surface area (Å²) in [5.74, 6) is 0.0520. The summed E-state index contributed by atoms with van der Waals surface area (Å²) in [6, 6.07) is 0.229. The van der Waals surface area contributed by atoms with Gasteiger partial charge in [0.2, 0.25) is 0 Å². The molecule has 1 aliphatic rings. The molecule has 18 heavy (non-hydrogen) atoms. The molecule has 1 aromatic heterocycles. The van der Waals surface area contributed by atoms with Crippen molar-refractivity contribution >= 4 is 5.91 Å². The number of aromatic nitrogens is 3. The van der Waals surface area contributed by atoms with Gasteiger partial charge in [0.1, 0.15) is 5.69 Å². The zero-order valence-electron chi connectivity index (χ0n) is 11.1. The number of carbonyl (C=O) groups is 1. The number of rotatable bonds is 5. The molecule has 2 rings (SSSR count). The van der Waals surface area contributed by atoms with Crippen LogP contribution in [-0.2, 0) is 4.74 Å². The van der Waals surface area contributed by atoms with Crippen LogP contribution in [-0.4, -0.2) is 28.0 Å². The second-order valence-electron chi connectivity index (χ2n) is 4.94. The van der Waals surface area contributed by atoms with E-state index in [-0.39, 0.29) is 17.8 Å². The van der Waals surface area contributed by atoms with E-state index in [4.69, 9.17) is 10.5 Å². The number of nitrogens with two attached hydrogens (primary N) is 1. The molecule has 1 aromatic rings. The molecule has 0 aliphatic heterocycles. The first-order chi connectivity index (χ1) is 8.56. The van der Waals surface area contributed by atoms with Crippen LogP contribution in [0.15, 0.2) is 0 Å². The van der Waals surface area contributed by atoms with Crippen LogP contribution in [0.25, 0.3) is 0 Å². The predicted molar refractivity (Wildman–Crippen MR) is 66.0 cm³/mol. The summed E-state index contributed by atoms with van der Waals surface area (Å²) in [6.45, 7) is 3.98. The number of amides is 1. The Balaban J connectivity index is 2.36. The third-order valence-electron chi connectivity index (χ3n) is 3.92. The van der Waals surface area contributed by atoms with Crippen molar-refractivity contribution in [3.05, 3.63) is 11.4 Å². The first-order valence-corrected chi connectivity index (χ1v) is 6.34. The SMILES string of the molecule is COC(C)c1c(C(N)=O)nnn1C(C)C1CCC1. The van der Waals surface area contributed by atoms with Crippen molar-refractivity contribution in [2.75, 3.05) is 7.11 Å². The lowest BCUT2D eigenvalue weighted by molar-refractivity contribution is 0.0941. The molecule has 2 atom stereocenters. The molecule has 0 radical (unpaired) electrons. The molecule has 0 spiro atoms. The van der Waals surface area contributed by atoms with Crippen LogP contribution in [0.1, 0.15) is 61.4 Å². The Kier molecular flexibility index (Phi) is 3.65. The average Bonchev–Trinajstić information content (AvgIpc) is 2.69. The van der Waals surface area contributed by atoms with Gasteiger partial charge in [0.25, 0.3) is 5.91 Å². The Morgan fingerprint density at radius 2 is 2.17 bits per heavy atom. The number of hydrogen-bond donors (Lipinski definition) is 1. The maximum Gasteiger partial charge on any atom is 0.271 e. The summed E-state index contributed by atoms with van der Waals surface area (Å²) in [5, 5.41) is 8.00. The summed E-state index contributed by atoms with van der Waals surface area (Å²) >= 11 is 0. The number of methoxy groups -OCH3 is 1. The fourth-order valence-corrected chi connectivity index (χ4v) is 2.39. The lowest BCUT2D eigenvalue weighted by atomic mass is 9.80. The Morgan fingerprint density at radius 1 is 1.50 bits per heavy atom. The summed E-state index contributed by atoms with van der Waals surface area (Å²) in [6.07, 6.45) is 3.42. The van der Waals surface area contributed by atoms with Gasteiger partial charge in [-0.1, -0.05) is 11.6 Å². The zero-order valence-corrected chi connectivity index (χ0v) is 11.1. The molecule has 2 unspecified atom stereocenters. The van der Waals surface area contributed by atoms with E-state index in [9.17, 15) is 4.79 Å². The van der Waals surface area contributed by atoms with Crippen molar-refractivity contribution in [3.8, 4) is 0 Å². The first-order valence-electron chi connectivity index (χ1n) is 6.34. The van der Waals surface area contributed by atoms with Crippen molar-refractivity contribution in [2.45, 2.75) is 45.3 Å². The molecule has 6 nitrogen and oxygen atoms in total. The van der Waals surface area contributed by atoms with Gasteiger partial charge in [0.05, 0.1) is 12.1 Å². The molecule has 1 amide bonds. The van der Waals surface area contributed by atoms with Gasteiger partial charge >= 0.3 is 0 Å². The molecule has 1 heterocycles. The van der Waals surface area contributed by atoms with E-state index in [1.165, 1.54) is 19.3 Å². The molecule has 100 valence electrons. The molecule has 1 fully saturated rings. The van der Waals surface area contributed by atoms with Crippen LogP contribution in [0.5, 0.6) is 0 Å². The highest BCUT2D eigenvalue weighted by molar-refractivity contribution is 5.91. The van der Waals surface area contributed by atoms with Crippen molar-refractivity contribution < 1.29 is 9.53 Å². The Bertz CT molecular complexity index is 439. The molecule has 0 saturated heterocycles. The molecule has 6 heteroatoms. The molecule has 0 aromatic carbocycles. The molecule has 1 saturated carbocycles. The van der Waals surface area contributed by atoms with Gasteiger partial charge < -0.3 is 10.5 Å². The minimum absolute atomic E-state index is 0.218. The fraction of sp³-hybridized carbons (Fsp3) is 0.750. The van der Waals surface area contributed by atoms with Crippen LogP contribution < -0.4 is 5.73 Å². The summed E-state index contributed by atoms with van der Waals surface area (Å²) in [4.78, 5) is 11.4. The second kappa shape index (κ2) is 5.06. The van der Waals surface area contributed by atoms with Gasteiger partial charge in [-0.2, -0.15) is 0 Å². The van der Waals surface area contributed by atoms with E-state index in [2.05, 4.69) is 17.2 Å². The van der Waals surface area contributed by atoms with Crippen LogP contribution in [0.4, 0.5) is 0 Å². The lowest BCUT2D eigenvalue weighted by Gasteiger charge is -2.32. The monoisotopic (exact) mass is 252 g/mol. The predicted octanol–water partition coefficient (Wildman–Crippen LogP) is 1.45. The summed E-state index contributed by atoms with van der Waals surface area (Å²) in [5.41, 5.74) is 6.24. The maximum atomic E-state index is 11.4. The van der Waals surface area contributed by atoms with E-state index < -0.39 is 5.91 Å². The molecular formula is C12H20N4O2. The van der Waals surface area contributed by atoms with Crippen molar-refractivity contribution in [2.24, 2.45) is 11.7 Å². The van der Waals surface area contributed by atoms with Gasteiger partial charge in [-0.15, -0.1) is 5.10 Å². The number of nitrogens with zero attached hydrogens (tertiary/aromatic N) is 3. The number of carbonyl (C=O) groups excluding carboxylic acids is 1. The van der Waals surface area contributed by atoms with Gasteiger partial charge in [-0.25, -0.2) is 4.68 Å². The number of ether oxygens (including phenoxy) is 1. The Labute approximate surface area is 106 Å². The van der Waals surface area contributed by atoms with Crippen molar-refractivity contribution in [1.82, 2.24) is 15.0 Å². The molecule has 2 N–H and O–H groups in total. The summed E-state index contributed by atoms with van der Waals surface area (Å²) < 4.78 is 7.10. The highest BCUT2D eigenvalue weighted by atomic mass is 16.5. The zero-order chi connectivity index (χ0) is 13.3. The number of primary amides is 1. The van der Waals surface area contributed by atoms with E-state index in [1.807, 2.05) is 6.92 Å². The van der Waals surface area contributed by atoms with Crippen LogP contribution in [0.2, 0.25) is 0 Å². The van der Waals surface area contributed by atoms with E-state index in [1.54, 1.807) is 11.8 Å². The van der Waals surface area contributed by atoms with Crippen LogP contribution in [0.3, 0.4) is 0 Å². The first kappa shape index (κ1) is 13.0. The van der Waals surface area contributed by atoms with Crippen molar-refractivity contribution in [1.29, 1.82) is 0 Å². The highest BCUT2D eigenvalue weighted by Gasteiger charge is 2.31. The van der Waals surface area contributed by atoms with Crippen LogP contribution in [0, 0.1) is 5.92 Å². The normalized spacial score (nSPS) is 19.3. The molecular weight excluding hydrogens is 232 g/mol. The third-order valence-corrected chi connectivity index (χ3v) is 3.92. The third kappa shape index (κ3) is 2.12. The van der Waals surface area contributed by atoms with E-state index in [0.29, 0.717) is 11.6 Å². The quantitative estimate of drug-likeness (QED) is 0.859. The highest BCUT2D eigenvalue weighted by Crippen LogP contribution is 2.37. The van der Waals surface area contributed by atoms with E-state index in [0.717, 1.165) is 0 Å². The summed E-state index contributed by atoms with van der Waals surface area (Å²) in [7, 11) is 1.60. The standard InChI is InChI=1S/C12H20N4O2/c1-7(9-5-4-6-9)16-11(8(2)18-3)10(12(13)17)14-15-16/h7-9H,4-6H2,1-3H3,(H2,13,17). The maximum absolute atomic E-state index is 11.4. The fourth-order valence-electron chi connectivity index (χ4n) is 2.39. The topological polar surface area (TPSA) is 83.0 Å². The smallest absolute Gasteiger partial charge is 0.271 e. The van der Waals surface area contributed by atoms with Gasteiger partial charge in [-0.05, 0) is 32.6 Å². The second-order valence-corrected chi connectivity index (χ2v) is 4.94. The van der Waals surface area contributed by atoms with E-state index >= 15 is 0 Å². The van der Waals surface area contributed by atoms with Gasteiger partial charge in [-0.3, -0.25) is 4.79 Å². The number of hydrogen-bond acceptors (Lipinski definition) is 4. The average molecular weight is 252 g/mol. The Morgan fingerprint density at radius 3 is 2.61 bits per heavy atom. The molecule has 1 aliphatic carbocycles. The van der Waals surface area contributed by atoms with Crippen LogP contribution >= 0.6 is 0 Å². The minimum Gasteiger partial charge on any atom is -0.375 e. The lowest BCUT2D eigenvalue weighted by Crippen LogP contribution is -2.26. The largest absolute Gasteiger partial charge is 0.375 e. The van der Waals surface area contributed by atoms with Crippen molar-refractivity contribution in [3.63, 3.8) is 0 Å². The Hall–Kier alpha value is -1.43. The van der Waals surface area contributed by atoms with Gasteiger partial charge in [0, 0.05) is 7.11 Å². The van der Waals surface area contributed by atoms with Gasteiger partial charge in [0.15, 0.2) is 5.69 Å². The minimum atomic E-state index is -0.555.